The van der Waals surface area contributed by atoms with E-state index in [1.54, 1.807) is 0 Å². The van der Waals surface area contributed by atoms with Gasteiger partial charge in [0.1, 0.15) is 10.7 Å². The summed E-state index contributed by atoms with van der Waals surface area (Å²) in [7, 11) is 0. The number of Topliss-reactive ketones (excluding diaryl/α,β-unsaturated/α-hetero) is 1. The molecule has 0 bridgehead atoms. The van der Waals surface area contributed by atoms with Crippen LogP contribution in [0.5, 0.6) is 0 Å². The average Bonchev–Trinajstić information content (AvgIpc) is 2.63. The van der Waals surface area contributed by atoms with E-state index in [1.807, 2.05) is 0 Å². The minimum atomic E-state index is -0.497. The molecule has 1 fully saturated rings. The molecule has 1 saturated heterocycles. The van der Waals surface area contributed by atoms with E-state index in [9.17, 15) is 14.0 Å². The van der Waals surface area contributed by atoms with Crippen LogP contribution in [-0.4, -0.2) is 29.7 Å². The Labute approximate surface area is 90.5 Å². The fourth-order valence-corrected chi connectivity index (χ4v) is 2.34. The normalized spacial score (nSPS) is 16.9. The van der Waals surface area contributed by atoms with E-state index >= 15 is 0 Å². The van der Waals surface area contributed by atoms with Crippen LogP contribution in [-0.2, 0) is 4.79 Å². The second-order valence-corrected chi connectivity index (χ2v) is 4.38. The Morgan fingerprint density at radius 3 is 2.93 bits per heavy atom. The second kappa shape index (κ2) is 4.10. The van der Waals surface area contributed by atoms with Gasteiger partial charge in [-0.2, -0.15) is 0 Å². The fraction of sp³-hybridized carbons (Fsp3) is 0.400. The zero-order valence-corrected chi connectivity index (χ0v) is 8.85. The average molecular weight is 227 g/mol. The molecule has 0 unspecified atom stereocenters. The highest BCUT2D eigenvalue weighted by Crippen LogP contribution is 2.19. The highest BCUT2D eigenvalue weighted by molar-refractivity contribution is 7.12. The third kappa shape index (κ3) is 2.07. The summed E-state index contributed by atoms with van der Waals surface area (Å²) in [4.78, 5) is 24.4. The van der Waals surface area contributed by atoms with Gasteiger partial charge in [-0.3, -0.25) is 9.59 Å². The van der Waals surface area contributed by atoms with Crippen molar-refractivity contribution in [2.45, 2.75) is 12.8 Å². The van der Waals surface area contributed by atoms with Crippen molar-refractivity contribution in [2.75, 3.05) is 13.1 Å². The maximum Gasteiger partial charge on any atom is 0.267 e. The van der Waals surface area contributed by atoms with Crippen LogP contribution in [0.1, 0.15) is 22.5 Å². The molecule has 0 N–H and O–H groups in total. The largest absolute Gasteiger partial charge is 0.331 e. The SMILES string of the molecule is O=C1CCCN(C(=O)c2sccc2F)C1. The zero-order valence-electron chi connectivity index (χ0n) is 8.03. The van der Waals surface area contributed by atoms with E-state index < -0.39 is 5.82 Å². The summed E-state index contributed by atoms with van der Waals surface area (Å²) < 4.78 is 13.1. The maximum atomic E-state index is 13.1. The third-order valence-corrected chi connectivity index (χ3v) is 3.23. The Kier molecular flexibility index (Phi) is 2.81. The first kappa shape index (κ1) is 10.3. The molecular formula is C10H10FNO2S. The van der Waals surface area contributed by atoms with Gasteiger partial charge in [-0.05, 0) is 17.9 Å². The predicted octanol–water partition coefficient (Wildman–Crippen LogP) is 1.69. The number of halogens is 1. The highest BCUT2D eigenvalue weighted by atomic mass is 32.1. The minimum Gasteiger partial charge on any atom is -0.331 e. The Morgan fingerprint density at radius 1 is 1.53 bits per heavy atom. The number of hydrogen-bond donors (Lipinski definition) is 0. The number of piperidine rings is 1. The molecule has 0 atom stereocenters. The third-order valence-electron chi connectivity index (χ3n) is 2.35. The van der Waals surface area contributed by atoms with E-state index in [0.29, 0.717) is 19.4 Å². The summed E-state index contributed by atoms with van der Waals surface area (Å²) in [6.07, 6.45) is 1.20. The van der Waals surface area contributed by atoms with Crippen molar-refractivity contribution in [2.24, 2.45) is 0 Å². The van der Waals surface area contributed by atoms with Crippen molar-refractivity contribution in [1.29, 1.82) is 0 Å². The van der Waals surface area contributed by atoms with Crippen molar-refractivity contribution in [3.63, 3.8) is 0 Å². The number of nitrogens with zero attached hydrogens (tertiary/aromatic N) is 1. The minimum absolute atomic E-state index is 0.0477. The van der Waals surface area contributed by atoms with Crippen molar-refractivity contribution < 1.29 is 14.0 Å². The molecule has 0 spiro atoms. The van der Waals surface area contributed by atoms with Gasteiger partial charge in [-0.1, -0.05) is 0 Å². The summed E-state index contributed by atoms with van der Waals surface area (Å²) in [6.45, 7) is 0.665. The lowest BCUT2D eigenvalue weighted by molar-refractivity contribution is -0.121. The molecule has 3 nitrogen and oxygen atoms in total. The van der Waals surface area contributed by atoms with Gasteiger partial charge in [0, 0.05) is 13.0 Å². The molecule has 1 aliphatic rings. The highest BCUT2D eigenvalue weighted by Gasteiger charge is 2.25. The van der Waals surface area contributed by atoms with Crippen LogP contribution in [0.2, 0.25) is 0 Å². The number of carbonyl (C=O) groups is 2. The predicted molar refractivity (Wildman–Crippen MR) is 54.4 cm³/mol. The molecule has 1 aromatic rings. The molecule has 0 radical (unpaired) electrons. The number of hydrogen-bond acceptors (Lipinski definition) is 3. The standard InChI is InChI=1S/C10H10FNO2S/c11-8-3-5-15-9(8)10(14)12-4-1-2-7(13)6-12/h3,5H,1-2,4,6H2. The van der Waals surface area contributed by atoms with Gasteiger partial charge >= 0.3 is 0 Å². The Bertz CT molecular complexity index is 402. The number of ketones is 1. The van der Waals surface area contributed by atoms with Crippen LogP contribution in [0.4, 0.5) is 4.39 Å². The number of rotatable bonds is 1. The van der Waals surface area contributed by atoms with Gasteiger partial charge in [-0.15, -0.1) is 11.3 Å². The van der Waals surface area contributed by atoms with Crippen LogP contribution >= 0.6 is 11.3 Å². The van der Waals surface area contributed by atoms with Crippen molar-refractivity contribution >= 4 is 23.0 Å². The van der Waals surface area contributed by atoms with Gasteiger partial charge < -0.3 is 4.90 Å². The van der Waals surface area contributed by atoms with E-state index in [-0.39, 0.29) is 23.1 Å². The topological polar surface area (TPSA) is 37.4 Å². The Hall–Kier alpha value is -1.23. The van der Waals surface area contributed by atoms with Gasteiger partial charge in [0.2, 0.25) is 0 Å². The molecule has 0 aromatic carbocycles. The monoisotopic (exact) mass is 227 g/mol. The molecule has 80 valence electrons. The summed E-state index contributed by atoms with van der Waals surface area (Å²) in [5.74, 6) is -0.815. The van der Waals surface area contributed by atoms with E-state index in [1.165, 1.54) is 16.3 Å². The summed E-state index contributed by atoms with van der Waals surface area (Å²) >= 11 is 1.08. The zero-order chi connectivity index (χ0) is 10.8. The molecule has 2 rings (SSSR count). The first-order valence-electron chi connectivity index (χ1n) is 4.72. The first-order valence-corrected chi connectivity index (χ1v) is 5.60. The molecule has 1 aromatic heterocycles. The summed E-state index contributed by atoms with van der Waals surface area (Å²) in [6, 6.07) is 1.27. The quantitative estimate of drug-likeness (QED) is 0.732. The van der Waals surface area contributed by atoms with Crippen LogP contribution in [0, 0.1) is 5.82 Å². The number of amides is 1. The van der Waals surface area contributed by atoms with Crippen LogP contribution in [0.15, 0.2) is 11.4 Å². The number of likely N-dealkylation sites (tertiary alicyclic amines) is 1. The van der Waals surface area contributed by atoms with Gasteiger partial charge in [-0.25, -0.2) is 4.39 Å². The molecule has 15 heavy (non-hydrogen) atoms. The van der Waals surface area contributed by atoms with E-state index in [2.05, 4.69) is 0 Å². The van der Waals surface area contributed by atoms with E-state index in [4.69, 9.17) is 0 Å². The number of thiophene rings is 1. The van der Waals surface area contributed by atoms with E-state index in [0.717, 1.165) is 11.3 Å². The Balaban J connectivity index is 2.14. The van der Waals surface area contributed by atoms with Crippen LogP contribution in [0.3, 0.4) is 0 Å². The molecule has 2 heterocycles. The first-order chi connectivity index (χ1) is 7.18. The van der Waals surface area contributed by atoms with Crippen LogP contribution < -0.4 is 0 Å². The van der Waals surface area contributed by atoms with Crippen molar-refractivity contribution in [3.05, 3.63) is 22.1 Å². The van der Waals surface area contributed by atoms with Gasteiger partial charge in [0.15, 0.2) is 5.78 Å². The molecule has 5 heteroatoms. The lowest BCUT2D eigenvalue weighted by atomic mass is 10.1. The Morgan fingerprint density at radius 2 is 2.33 bits per heavy atom. The second-order valence-electron chi connectivity index (χ2n) is 3.47. The lowest BCUT2D eigenvalue weighted by Gasteiger charge is -2.25. The van der Waals surface area contributed by atoms with Crippen LogP contribution in [0.25, 0.3) is 0 Å². The molecule has 0 saturated carbocycles. The molecule has 1 amide bonds. The molecular weight excluding hydrogens is 217 g/mol. The fourth-order valence-electron chi connectivity index (χ4n) is 1.60. The summed E-state index contributed by atoms with van der Waals surface area (Å²) in [5.41, 5.74) is 0. The lowest BCUT2D eigenvalue weighted by Crippen LogP contribution is -2.40. The molecule has 0 aliphatic carbocycles. The molecule has 1 aliphatic heterocycles. The van der Waals surface area contributed by atoms with Crippen molar-refractivity contribution in [3.8, 4) is 0 Å². The van der Waals surface area contributed by atoms with Gasteiger partial charge in [0.05, 0.1) is 6.54 Å². The number of carbonyl (C=O) groups excluding carboxylic acids is 2. The smallest absolute Gasteiger partial charge is 0.267 e. The summed E-state index contributed by atoms with van der Waals surface area (Å²) in [5, 5.41) is 1.54. The van der Waals surface area contributed by atoms with Crippen molar-refractivity contribution in [1.82, 2.24) is 4.90 Å². The maximum absolute atomic E-state index is 13.1. The van der Waals surface area contributed by atoms with Gasteiger partial charge in [0.25, 0.3) is 5.91 Å².